The van der Waals surface area contributed by atoms with Crippen LogP contribution in [0.4, 0.5) is 0 Å². The van der Waals surface area contributed by atoms with Crippen molar-refractivity contribution in [2.75, 3.05) is 25.1 Å². The van der Waals surface area contributed by atoms with Gasteiger partial charge in [0, 0.05) is 13.1 Å². The van der Waals surface area contributed by atoms with Gasteiger partial charge in [-0.1, -0.05) is 6.92 Å². The Kier molecular flexibility index (Phi) is 4.65. The molecule has 1 aliphatic rings. The summed E-state index contributed by atoms with van der Waals surface area (Å²) in [6, 6.07) is 0. The Morgan fingerprint density at radius 3 is 2.69 bits per heavy atom. The second-order valence-corrected chi connectivity index (χ2v) is 5.16. The SMILES string of the molecule is CC[C@@]1(C(=O)O)CCCN(C(=O)CSC)C1. The molecule has 92 valence electrons. The van der Waals surface area contributed by atoms with E-state index in [1.165, 1.54) is 11.8 Å². The van der Waals surface area contributed by atoms with Crippen LogP contribution in [0.2, 0.25) is 0 Å². The van der Waals surface area contributed by atoms with Crippen LogP contribution in [-0.4, -0.2) is 47.0 Å². The lowest BCUT2D eigenvalue weighted by molar-refractivity contribution is -0.154. The average Bonchev–Trinajstić information content (AvgIpc) is 2.29. The summed E-state index contributed by atoms with van der Waals surface area (Å²) in [6.07, 6.45) is 3.94. The molecule has 1 rings (SSSR count). The zero-order valence-corrected chi connectivity index (χ0v) is 10.7. The third kappa shape index (κ3) is 2.70. The number of piperidine rings is 1. The van der Waals surface area contributed by atoms with E-state index in [1.54, 1.807) is 4.90 Å². The fourth-order valence-electron chi connectivity index (χ4n) is 2.17. The number of nitrogens with zero attached hydrogens (tertiary/aromatic N) is 1. The summed E-state index contributed by atoms with van der Waals surface area (Å²) in [5.74, 6) is -0.262. The molecule has 1 saturated heterocycles. The van der Waals surface area contributed by atoms with Gasteiger partial charge in [-0.05, 0) is 25.5 Å². The second-order valence-electron chi connectivity index (χ2n) is 4.29. The Labute approximate surface area is 100 Å². The molecule has 16 heavy (non-hydrogen) atoms. The van der Waals surface area contributed by atoms with Gasteiger partial charge >= 0.3 is 5.97 Å². The summed E-state index contributed by atoms with van der Waals surface area (Å²) in [4.78, 5) is 24.7. The smallest absolute Gasteiger partial charge is 0.311 e. The van der Waals surface area contributed by atoms with E-state index >= 15 is 0 Å². The van der Waals surface area contributed by atoms with Crippen LogP contribution < -0.4 is 0 Å². The van der Waals surface area contributed by atoms with E-state index in [-0.39, 0.29) is 5.91 Å². The van der Waals surface area contributed by atoms with Crippen molar-refractivity contribution in [2.45, 2.75) is 26.2 Å². The van der Waals surface area contributed by atoms with E-state index in [0.29, 0.717) is 31.7 Å². The minimum absolute atomic E-state index is 0.0614. The Bertz CT molecular complexity index is 282. The lowest BCUT2D eigenvalue weighted by atomic mass is 9.77. The number of aliphatic carboxylic acids is 1. The van der Waals surface area contributed by atoms with Crippen molar-refractivity contribution in [2.24, 2.45) is 5.41 Å². The van der Waals surface area contributed by atoms with E-state index in [2.05, 4.69) is 0 Å². The highest BCUT2D eigenvalue weighted by atomic mass is 32.2. The standard InChI is InChI=1S/C11H19NO3S/c1-3-11(10(14)15)5-4-6-12(8-11)9(13)7-16-2/h3-8H2,1-2H3,(H,14,15)/t11-/m1/s1. The van der Waals surface area contributed by atoms with E-state index in [0.717, 1.165) is 6.42 Å². The largest absolute Gasteiger partial charge is 0.481 e. The average molecular weight is 245 g/mol. The van der Waals surface area contributed by atoms with Gasteiger partial charge in [0.05, 0.1) is 11.2 Å². The van der Waals surface area contributed by atoms with Crippen molar-refractivity contribution < 1.29 is 14.7 Å². The number of hydrogen-bond acceptors (Lipinski definition) is 3. The quantitative estimate of drug-likeness (QED) is 0.814. The normalized spacial score (nSPS) is 25.5. The molecule has 0 unspecified atom stereocenters. The van der Waals surface area contributed by atoms with Gasteiger partial charge in [-0.25, -0.2) is 0 Å². The van der Waals surface area contributed by atoms with Crippen molar-refractivity contribution in [3.63, 3.8) is 0 Å². The number of thioether (sulfide) groups is 1. The predicted octanol–water partition coefficient (Wildman–Crippen LogP) is 1.45. The van der Waals surface area contributed by atoms with Gasteiger partial charge in [0.2, 0.25) is 5.91 Å². The molecule has 0 bridgehead atoms. The van der Waals surface area contributed by atoms with Crippen LogP contribution in [0.1, 0.15) is 26.2 Å². The highest BCUT2D eigenvalue weighted by molar-refractivity contribution is 7.99. The third-order valence-corrected chi connectivity index (χ3v) is 3.86. The summed E-state index contributed by atoms with van der Waals surface area (Å²) < 4.78 is 0. The summed E-state index contributed by atoms with van der Waals surface area (Å²) in [7, 11) is 0. The molecular weight excluding hydrogens is 226 g/mol. The number of amides is 1. The summed E-state index contributed by atoms with van der Waals surface area (Å²) in [5, 5.41) is 9.28. The van der Waals surface area contributed by atoms with Gasteiger partial charge in [-0.3, -0.25) is 9.59 Å². The van der Waals surface area contributed by atoms with E-state index in [4.69, 9.17) is 0 Å². The van der Waals surface area contributed by atoms with Crippen LogP contribution in [0.25, 0.3) is 0 Å². The first kappa shape index (κ1) is 13.4. The molecule has 0 aromatic rings. The maximum Gasteiger partial charge on any atom is 0.311 e. The van der Waals surface area contributed by atoms with Crippen LogP contribution in [0.3, 0.4) is 0 Å². The summed E-state index contributed by atoms with van der Waals surface area (Å²) in [5.41, 5.74) is -0.716. The van der Waals surface area contributed by atoms with Gasteiger partial charge in [0.1, 0.15) is 0 Å². The number of carbonyl (C=O) groups excluding carboxylic acids is 1. The van der Waals surface area contributed by atoms with Gasteiger partial charge < -0.3 is 10.0 Å². The van der Waals surface area contributed by atoms with E-state index in [9.17, 15) is 14.7 Å². The van der Waals surface area contributed by atoms with Crippen LogP contribution in [0.15, 0.2) is 0 Å². The van der Waals surface area contributed by atoms with Gasteiger partial charge in [0.15, 0.2) is 0 Å². The molecule has 0 aromatic heterocycles. The van der Waals surface area contributed by atoms with Crippen LogP contribution in [-0.2, 0) is 9.59 Å². The molecule has 1 heterocycles. The summed E-state index contributed by atoms with van der Waals surface area (Å²) in [6.45, 7) is 2.96. The summed E-state index contributed by atoms with van der Waals surface area (Å²) >= 11 is 1.48. The highest BCUT2D eigenvalue weighted by Gasteiger charge is 2.41. The second kappa shape index (κ2) is 5.57. The number of rotatable bonds is 4. The molecule has 0 radical (unpaired) electrons. The van der Waals surface area contributed by atoms with Crippen molar-refractivity contribution >= 4 is 23.6 Å². The van der Waals surface area contributed by atoms with Gasteiger partial charge in [0.25, 0.3) is 0 Å². The van der Waals surface area contributed by atoms with Gasteiger partial charge in [-0.15, -0.1) is 0 Å². The zero-order valence-electron chi connectivity index (χ0n) is 9.86. The van der Waals surface area contributed by atoms with Crippen molar-refractivity contribution in [3.05, 3.63) is 0 Å². The molecule has 1 amide bonds. The number of hydrogen-bond donors (Lipinski definition) is 1. The van der Waals surface area contributed by atoms with Crippen LogP contribution >= 0.6 is 11.8 Å². The Hall–Kier alpha value is -0.710. The van der Waals surface area contributed by atoms with Gasteiger partial charge in [-0.2, -0.15) is 11.8 Å². The monoisotopic (exact) mass is 245 g/mol. The molecule has 1 aliphatic heterocycles. The molecule has 1 fully saturated rings. The number of carboxylic acids is 1. The fraction of sp³-hybridized carbons (Fsp3) is 0.818. The maximum atomic E-state index is 11.7. The molecule has 4 nitrogen and oxygen atoms in total. The lowest BCUT2D eigenvalue weighted by Crippen LogP contribution is -2.50. The third-order valence-electron chi connectivity index (χ3n) is 3.33. The molecule has 0 saturated carbocycles. The highest BCUT2D eigenvalue weighted by Crippen LogP contribution is 2.33. The molecular formula is C11H19NO3S. The van der Waals surface area contributed by atoms with Crippen molar-refractivity contribution in [1.29, 1.82) is 0 Å². The molecule has 0 aromatic carbocycles. The first-order valence-corrected chi connectivity index (χ1v) is 6.95. The lowest BCUT2D eigenvalue weighted by Gasteiger charge is -2.39. The van der Waals surface area contributed by atoms with Crippen LogP contribution in [0.5, 0.6) is 0 Å². The number of carbonyl (C=O) groups is 2. The number of carboxylic acid groups (broad SMARTS) is 1. The van der Waals surface area contributed by atoms with Crippen LogP contribution in [0, 0.1) is 5.41 Å². The topological polar surface area (TPSA) is 57.6 Å². The molecule has 0 spiro atoms. The molecule has 1 N–H and O–H groups in total. The zero-order chi connectivity index (χ0) is 12.2. The predicted molar refractivity (Wildman–Crippen MR) is 64.6 cm³/mol. The van der Waals surface area contributed by atoms with E-state index in [1.807, 2.05) is 13.2 Å². The Morgan fingerprint density at radius 1 is 1.50 bits per heavy atom. The van der Waals surface area contributed by atoms with E-state index < -0.39 is 11.4 Å². The van der Waals surface area contributed by atoms with Crippen molar-refractivity contribution in [1.82, 2.24) is 4.90 Å². The first-order valence-electron chi connectivity index (χ1n) is 5.56. The minimum atomic E-state index is -0.767. The maximum absolute atomic E-state index is 11.7. The Morgan fingerprint density at radius 2 is 2.19 bits per heavy atom. The molecule has 0 aliphatic carbocycles. The Balaban J connectivity index is 2.72. The minimum Gasteiger partial charge on any atom is -0.481 e. The number of likely N-dealkylation sites (tertiary alicyclic amines) is 1. The fourth-order valence-corrected chi connectivity index (χ4v) is 2.60. The van der Waals surface area contributed by atoms with Crippen molar-refractivity contribution in [3.8, 4) is 0 Å². The first-order chi connectivity index (χ1) is 7.55. The molecule has 5 heteroatoms. The molecule has 1 atom stereocenters.